The molecular formula is C10H12N2OS. The Kier molecular flexibility index (Phi) is 3.26. The van der Waals surface area contributed by atoms with Gasteiger partial charge in [0, 0.05) is 11.9 Å². The van der Waals surface area contributed by atoms with Crippen molar-refractivity contribution < 1.29 is 4.79 Å². The van der Waals surface area contributed by atoms with E-state index in [9.17, 15) is 4.79 Å². The van der Waals surface area contributed by atoms with Gasteiger partial charge in [0.15, 0.2) is 0 Å². The quantitative estimate of drug-likeness (QED) is 0.746. The second-order valence-electron chi connectivity index (χ2n) is 3.13. The van der Waals surface area contributed by atoms with Crippen LogP contribution in [0.4, 0.5) is 0 Å². The van der Waals surface area contributed by atoms with Crippen molar-refractivity contribution in [1.29, 1.82) is 5.26 Å². The Morgan fingerprint density at radius 1 is 1.64 bits per heavy atom. The van der Waals surface area contributed by atoms with E-state index < -0.39 is 0 Å². The van der Waals surface area contributed by atoms with Crippen LogP contribution in [0.3, 0.4) is 0 Å². The summed E-state index contributed by atoms with van der Waals surface area (Å²) in [6, 6.07) is 5.35. The van der Waals surface area contributed by atoms with Gasteiger partial charge in [-0.2, -0.15) is 5.26 Å². The van der Waals surface area contributed by atoms with Crippen LogP contribution in [-0.4, -0.2) is 23.9 Å². The molecule has 0 aliphatic rings. The predicted octanol–water partition coefficient (Wildman–Crippen LogP) is 2.04. The van der Waals surface area contributed by atoms with Crippen molar-refractivity contribution in [1.82, 2.24) is 4.90 Å². The molecule has 14 heavy (non-hydrogen) atoms. The van der Waals surface area contributed by atoms with Gasteiger partial charge < -0.3 is 4.90 Å². The van der Waals surface area contributed by atoms with Crippen LogP contribution < -0.4 is 0 Å². The molecule has 0 saturated heterocycles. The zero-order valence-electron chi connectivity index (χ0n) is 8.44. The Balaban J connectivity index is 2.81. The summed E-state index contributed by atoms with van der Waals surface area (Å²) >= 11 is 1.45. The third-order valence-corrected chi connectivity index (χ3v) is 3.03. The minimum atomic E-state index is -0.384. The molecule has 0 aliphatic carbocycles. The van der Waals surface area contributed by atoms with Crippen molar-refractivity contribution in [2.45, 2.75) is 19.9 Å². The molecule has 0 saturated carbocycles. The van der Waals surface area contributed by atoms with Crippen LogP contribution in [0.5, 0.6) is 0 Å². The molecule has 0 fully saturated rings. The van der Waals surface area contributed by atoms with Gasteiger partial charge in [-0.15, -0.1) is 11.3 Å². The highest BCUT2D eigenvalue weighted by molar-refractivity contribution is 7.13. The predicted molar refractivity (Wildman–Crippen MR) is 56.2 cm³/mol. The molecule has 1 rings (SSSR count). The zero-order valence-corrected chi connectivity index (χ0v) is 9.26. The first kappa shape index (κ1) is 10.7. The molecule has 1 heterocycles. The van der Waals surface area contributed by atoms with Gasteiger partial charge in [-0.05, 0) is 26.0 Å². The highest BCUT2D eigenvalue weighted by Crippen LogP contribution is 2.17. The Morgan fingerprint density at radius 3 is 2.71 bits per heavy atom. The van der Waals surface area contributed by atoms with Gasteiger partial charge >= 0.3 is 0 Å². The molecule has 0 spiro atoms. The number of nitriles is 1. The van der Waals surface area contributed by atoms with Crippen molar-refractivity contribution in [2.24, 2.45) is 0 Å². The Morgan fingerprint density at radius 2 is 2.29 bits per heavy atom. The van der Waals surface area contributed by atoms with Crippen LogP contribution in [-0.2, 0) is 0 Å². The second kappa shape index (κ2) is 4.25. The number of nitrogens with zero attached hydrogens (tertiary/aromatic N) is 2. The fraction of sp³-hybridized carbons (Fsp3) is 0.400. The van der Waals surface area contributed by atoms with Crippen LogP contribution in [0, 0.1) is 18.3 Å². The van der Waals surface area contributed by atoms with Gasteiger partial charge in [0.1, 0.15) is 6.04 Å². The summed E-state index contributed by atoms with van der Waals surface area (Å²) in [7, 11) is 1.64. The number of carbonyl (C=O) groups excluding carboxylic acids is 1. The SMILES string of the molecule is Cc1ccc(C(=O)N(C)C(C)C#N)s1. The molecule has 74 valence electrons. The maximum Gasteiger partial charge on any atom is 0.264 e. The maximum absolute atomic E-state index is 11.7. The number of rotatable bonds is 2. The first-order valence-corrected chi connectivity index (χ1v) is 5.11. The lowest BCUT2D eigenvalue weighted by molar-refractivity contribution is 0.0778. The fourth-order valence-corrected chi connectivity index (χ4v) is 1.84. The summed E-state index contributed by atoms with van der Waals surface area (Å²) in [5.41, 5.74) is 0. The highest BCUT2D eigenvalue weighted by atomic mass is 32.1. The molecule has 0 N–H and O–H groups in total. The minimum absolute atomic E-state index is 0.0860. The number of hydrogen-bond donors (Lipinski definition) is 0. The highest BCUT2D eigenvalue weighted by Gasteiger charge is 2.17. The molecule has 1 atom stereocenters. The van der Waals surface area contributed by atoms with E-state index in [1.165, 1.54) is 16.2 Å². The van der Waals surface area contributed by atoms with Gasteiger partial charge in [-0.1, -0.05) is 0 Å². The van der Waals surface area contributed by atoms with E-state index in [2.05, 4.69) is 0 Å². The standard InChI is InChI=1S/C10H12N2OS/c1-7(6-11)12(3)10(13)9-5-4-8(2)14-9/h4-5,7H,1-3H3. The van der Waals surface area contributed by atoms with Gasteiger partial charge in [0.2, 0.25) is 0 Å². The summed E-state index contributed by atoms with van der Waals surface area (Å²) in [4.78, 5) is 15.0. The Hall–Kier alpha value is -1.34. The molecule has 1 unspecified atom stereocenters. The monoisotopic (exact) mass is 208 g/mol. The number of carbonyl (C=O) groups is 1. The number of thiophene rings is 1. The molecule has 0 radical (unpaired) electrons. The summed E-state index contributed by atoms with van der Waals surface area (Å²) in [5, 5.41) is 8.67. The number of aryl methyl sites for hydroxylation is 1. The Bertz CT molecular complexity index is 378. The summed E-state index contributed by atoms with van der Waals surface area (Å²) in [5.74, 6) is -0.0860. The van der Waals surface area contributed by atoms with E-state index in [4.69, 9.17) is 5.26 Å². The largest absolute Gasteiger partial charge is 0.325 e. The number of amides is 1. The smallest absolute Gasteiger partial charge is 0.264 e. The van der Waals surface area contributed by atoms with E-state index in [-0.39, 0.29) is 11.9 Å². The zero-order chi connectivity index (χ0) is 10.7. The van der Waals surface area contributed by atoms with Gasteiger partial charge in [0.05, 0.1) is 10.9 Å². The van der Waals surface area contributed by atoms with Crippen molar-refractivity contribution in [3.8, 4) is 6.07 Å². The average Bonchev–Trinajstić information content (AvgIpc) is 2.61. The molecule has 3 nitrogen and oxygen atoms in total. The van der Waals surface area contributed by atoms with Crippen molar-refractivity contribution in [3.05, 3.63) is 21.9 Å². The van der Waals surface area contributed by atoms with Crippen molar-refractivity contribution in [3.63, 3.8) is 0 Å². The lowest BCUT2D eigenvalue weighted by atomic mass is 10.3. The van der Waals surface area contributed by atoms with E-state index in [1.54, 1.807) is 20.0 Å². The number of hydrogen-bond acceptors (Lipinski definition) is 3. The third kappa shape index (κ3) is 2.12. The van der Waals surface area contributed by atoms with E-state index >= 15 is 0 Å². The Labute approximate surface area is 87.6 Å². The van der Waals surface area contributed by atoms with Crippen LogP contribution >= 0.6 is 11.3 Å². The van der Waals surface area contributed by atoms with Gasteiger partial charge in [-0.3, -0.25) is 4.79 Å². The van der Waals surface area contributed by atoms with E-state index in [0.29, 0.717) is 4.88 Å². The molecule has 1 amide bonds. The van der Waals surface area contributed by atoms with Crippen molar-refractivity contribution >= 4 is 17.2 Å². The molecule has 4 heteroatoms. The molecule has 1 aromatic heterocycles. The second-order valence-corrected chi connectivity index (χ2v) is 4.42. The average molecular weight is 208 g/mol. The van der Waals surface area contributed by atoms with Gasteiger partial charge in [0.25, 0.3) is 5.91 Å². The normalized spacial score (nSPS) is 11.9. The minimum Gasteiger partial charge on any atom is -0.325 e. The molecule has 0 aliphatic heterocycles. The lowest BCUT2D eigenvalue weighted by Crippen LogP contribution is -2.33. The topological polar surface area (TPSA) is 44.1 Å². The molecule has 1 aromatic rings. The van der Waals surface area contributed by atoms with Crippen LogP contribution in [0.2, 0.25) is 0 Å². The maximum atomic E-state index is 11.7. The summed E-state index contributed by atoms with van der Waals surface area (Å²) in [6.07, 6.45) is 0. The summed E-state index contributed by atoms with van der Waals surface area (Å²) in [6.45, 7) is 3.66. The van der Waals surface area contributed by atoms with Crippen LogP contribution in [0.25, 0.3) is 0 Å². The third-order valence-electron chi connectivity index (χ3n) is 2.04. The summed E-state index contributed by atoms with van der Waals surface area (Å²) < 4.78 is 0. The van der Waals surface area contributed by atoms with Gasteiger partial charge in [-0.25, -0.2) is 0 Å². The first-order valence-electron chi connectivity index (χ1n) is 4.29. The van der Waals surface area contributed by atoms with E-state index in [1.807, 2.05) is 19.1 Å². The lowest BCUT2D eigenvalue weighted by Gasteiger charge is -2.18. The van der Waals surface area contributed by atoms with Crippen molar-refractivity contribution in [2.75, 3.05) is 7.05 Å². The van der Waals surface area contributed by atoms with Crippen LogP contribution in [0.15, 0.2) is 12.1 Å². The molecular weight excluding hydrogens is 196 g/mol. The fourth-order valence-electron chi connectivity index (χ4n) is 0.986. The first-order chi connectivity index (χ1) is 6.56. The molecule has 0 bridgehead atoms. The van der Waals surface area contributed by atoms with Crippen LogP contribution in [0.1, 0.15) is 21.5 Å². The molecule has 0 aromatic carbocycles. The van der Waals surface area contributed by atoms with E-state index in [0.717, 1.165) is 4.88 Å².